The van der Waals surface area contributed by atoms with Crippen molar-refractivity contribution in [2.75, 3.05) is 26.2 Å². The Hall–Kier alpha value is -0.980. The first-order chi connectivity index (χ1) is 8.67. The third-order valence-electron chi connectivity index (χ3n) is 3.44. The molecule has 6 heteroatoms. The van der Waals surface area contributed by atoms with Crippen LogP contribution in [0, 0.1) is 0 Å². The van der Waals surface area contributed by atoms with E-state index in [-0.39, 0.29) is 12.1 Å². The lowest BCUT2D eigenvalue weighted by molar-refractivity contribution is 0.104. The Kier molecular flexibility index (Phi) is 4.31. The second kappa shape index (κ2) is 5.77. The van der Waals surface area contributed by atoms with Crippen molar-refractivity contribution in [1.29, 1.82) is 0 Å². The van der Waals surface area contributed by atoms with E-state index in [1.54, 1.807) is 6.33 Å². The lowest BCUT2D eigenvalue weighted by Crippen LogP contribution is -2.55. The maximum atomic E-state index is 9.58. The Morgan fingerprint density at radius 3 is 3.06 bits per heavy atom. The average molecular weight is 253 g/mol. The molecule has 1 aliphatic rings. The minimum Gasteiger partial charge on any atom is -0.394 e. The Morgan fingerprint density at radius 1 is 1.50 bits per heavy atom. The van der Waals surface area contributed by atoms with Gasteiger partial charge in [-0.2, -0.15) is 0 Å². The van der Waals surface area contributed by atoms with Crippen molar-refractivity contribution < 1.29 is 5.11 Å². The van der Waals surface area contributed by atoms with Crippen molar-refractivity contribution in [2.45, 2.75) is 38.9 Å². The van der Waals surface area contributed by atoms with Gasteiger partial charge in [0.15, 0.2) is 0 Å². The molecule has 1 aromatic heterocycles. The number of aromatic nitrogens is 3. The summed E-state index contributed by atoms with van der Waals surface area (Å²) in [4.78, 5) is 2.32. The van der Waals surface area contributed by atoms with Crippen LogP contribution in [-0.2, 0) is 13.1 Å². The molecule has 1 aliphatic heterocycles. The molecule has 1 aromatic rings. The van der Waals surface area contributed by atoms with Crippen LogP contribution in [0.25, 0.3) is 0 Å². The van der Waals surface area contributed by atoms with E-state index in [4.69, 9.17) is 0 Å². The molecule has 0 aromatic carbocycles. The van der Waals surface area contributed by atoms with E-state index in [1.165, 1.54) is 0 Å². The molecule has 0 amide bonds. The summed E-state index contributed by atoms with van der Waals surface area (Å²) in [5.74, 6) is 1.01. The number of rotatable bonds is 6. The monoisotopic (exact) mass is 253 g/mol. The molecule has 1 atom stereocenters. The smallest absolute Gasteiger partial charge is 0.147 e. The lowest BCUT2D eigenvalue weighted by Gasteiger charge is -2.36. The van der Waals surface area contributed by atoms with Crippen LogP contribution in [0.3, 0.4) is 0 Å². The van der Waals surface area contributed by atoms with E-state index in [2.05, 4.69) is 38.8 Å². The highest BCUT2D eigenvalue weighted by Gasteiger charge is 2.28. The van der Waals surface area contributed by atoms with Gasteiger partial charge in [0.1, 0.15) is 12.2 Å². The van der Waals surface area contributed by atoms with E-state index in [0.717, 1.165) is 45.0 Å². The number of fused-ring (bicyclic) bond motifs is 1. The summed E-state index contributed by atoms with van der Waals surface area (Å²) in [6.07, 6.45) is 2.86. The number of nitrogens with one attached hydrogen (secondary N) is 1. The molecular weight excluding hydrogens is 230 g/mol. The van der Waals surface area contributed by atoms with Crippen LogP contribution in [0.4, 0.5) is 0 Å². The van der Waals surface area contributed by atoms with Crippen molar-refractivity contribution in [2.24, 2.45) is 0 Å². The zero-order valence-electron chi connectivity index (χ0n) is 11.3. The van der Waals surface area contributed by atoms with Gasteiger partial charge in [0.2, 0.25) is 0 Å². The van der Waals surface area contributed by atoms with Gasteiger partial charge in [0.25, 0.3) is 0 Å². The van der Waals surface area contributed by atoms with Gasteiger partial charge in [-0.05, 0) is 19.9 Å². The van der Waals surface area contributed by atoms with Crippen LogP contribution in [0.5, 0.6) is 0 Å². The van der Waals surface area contributed by atoms with E-state index < -0.39 is 0 Å². The van der Waals surface area contributed by atoms with Gasteiger partial charge < -0.3 is 15.0 Å². The average Bonchev–Trinajstić information content (AvgIpc) is 2.84. The molecule has 0 saturated heterocycles. The van der Waals surface area contributed by atoms with Gasteiger partial charge >= 0.3 is 0 Å². The Morgan fingerprint density at radius 2 is 2.33 bits per heavy atom. The van der Waals surface area contributed by atoms with Crippen LogP contribution in [0.2, 0.25) is 0 Å². The fraction of sp³-hybridized carbons (Fsp3) is 0.833. The molecule has 102 valence electrons. The van der Waals surface area contributed by atoms with Crippen LogP contribution in [0.1, 0.15) is 26.1 Å². The summed E-state index contributed by atoms with van der Waals surface area (Å²) >= 11 is 0. The van der Waals surface area contributed by atoms with E-state index in [0.29, 0.717) is 0 Å². The molecule has 2 heterocycles. The number of hydrogen-bond acceptors (Lipinski definition) is 5. The molecule has 0 fully saturated rings. The molecule has 2 N–H and O–H groups in total. The van der Waals surface area contributed by atoms with Gasteiger partial charge in [0.05, 0.1) is 18.7 Å². The van der Waals surface area contributed by atoms with Gasteiger partial charge in [-0.25, -0.2) is 0 Å². The summed E-state index contributed by atoms with van der Waals surface area (Å²) in [7, 11) is 0. The molecule has 0 radical (unpaired) electrons. The Bertz CT molecular complexity index is 380. The fourth-order valence-corrected chi connectivity index (χ4v) is 2.33. The maximum absolute atomic E-state index is 9.58. The predicted octanol–water partition coefficient (Wildman–Crippen LogP) is -0.156. The summed E-state index contributed by atoms with van der Waals surface area (Å²) in [5, 5.41) is 21.0. The molecule has 0 spiro atoms. The molecule has 1 unspecified atom stereocenters. The first-order valence-electron chi connectivity index (χ1n) is 6.62. The topological polar surface area (TPSA) is 66.2 Å². The van der Waals surface area contributed by atoms with Crippen LogP contribution < -0.4 is 5.32 Å². The number of hydrogen-bond donors (Lipinski definition) is 2. The molecule has 2 rings (SSSR count). The fourth-order valence-electron chi connectivity index (χ4n) is 2.33. The summed E-state index contributed by atoms with van der Waals surface area (Å²) < 4.78 is 2.09. The van der Waals surface area contributed by atoms with Crippen LogP contribution >= 0.6 is 0 Å². The third kappa shape index (κ3) is 3.07. The van der Waals surface area contributed by atoms with Crippen molar-refractivity contribution in [3.05, 3.63) is 12.2 Å². The number of nitrogens with zero attached hydrogens (tertiary/aromatic N) is 4. The number of aliphatic hydroxyl groups excluding tert-OH is 1. The Labute approximate surface area is 108 Å². The summed E-state index contributed by atoms with van der Waals surface area (Å²) in [6, 6.07) is 0. The SMILES string of the molecule is CCCNC(C)(CO)CN1CCn2cnnc2C1. The third-order valence-corrected chi connectivity index (χ3v) is 3.44. The van der Waals surface area contributed by atoms with Crippen molar-refractivity contribution in [3.63, 3.8) is 0 Å². The highest BCUT2D eigenvalue weighted by Crippen LogP contribution is 2.13. The van der Waals surface area contributed by atoms with Crippen molar-refractivity contribution in [1.82, 2.24) is 25.0 Å². The quantitative estimate of drug-likeness (QED) is 0.738. The second-order valence-electron chi connectivity index (χ2n) is 5.30. The van der Waals surface area contributed by atoms with Crippen LogP contribution in [-0.4, -0.2) is 56.6 Å². The molecule has 0 bridgehead atoms. The van der Waals surface area contributed by atoms with E-state index in [1.807, 2.05) is 0 Å². The minimum atomic E-state index is -0.238. The maximum Gasteiger partial charge on any atom is 0.147 e. The zero-order valence-corrected chi connectivity index (χ0v) is 11.3. The van der Waals surface area contributed by atoms with Gasteiger partial charge in [0, 0.05) is 19.6 Å². The molecule has 0 saturated carbocycles. The van der Waals surface area contributed by atoms with E-state index >= 15 is 0 Å². The van der Waals surface area contributed by atoms with E-state index in [9.17, 15) is 5.11 Å². The predicted molar refractivity (Wildman–Crippen MR) is 69.1 cm³/mol. The first-order valence-corrected chi connectivity index (χ1v) is 6.62. The minimum absolute atomic E-state index is 0.149. The normalized spacial score (nSPS) is 19.5. The highest BCUT2D eigenvalue weighted by atomic mass is 16.3. The molecule has 6 nitrogen and oxygen atoms in total. The molecular formula is C12H23N5O. The highest BCUT2D eigenvalue weighted by molar-refractivity contribution is 4.93. The van der Waals surface area contributed by atoms with Crippen molar-refractivity contribution >= 4 is 0 Å². The lowest BCUT2D eigenvalue weighted by atomic mass is 10.0. The standard InChI is InChI=1S/C12H23N5O/c1-3-4-13-12(2,9-18)8-16-5-6-17-10-14-15-11(17)7-16/h10,13,18H,3-9H2,1-2H3. The Balaban J connectivity index is 1.93. The van der Waals surface area contributed by atoms with Gasteiger partial charge in [-0.1, -0.05) is 6.92 Å². The summed E-state index contributed by atoms with van der Waals surface area (Å²) in [5.41, 5.74) is -0.238. The zero-order chi connectivity index (χ0) is 13.0. The first kappa shape index (κ1) is 13.5. The van der Waals surface area contributed by atoms with Gasteiger partial charge in [-0.3, -0.25) is 4.90 Å². The largest absolute Gasteiger partial charge is 0.394 e. The van der Waals surface area contributed by atoms with Gasteiger partial charge in [-0.15, -0.1) is 10.2 Å². The number of aliphatic hydroxyl groups is 1. The molecule has 0 aliphatic carbocycles. The summed E-state index contributed by atoms with van der Waals surface area (Å²) in [6.45, 7) is 8.83. The van der Waals surface area contributed by atoms with Crippen LogP contribution in [0.15, 0.2) is 6.33 Å². The van der Waals surface area contributed by atoms with Crippen molar-refractivity contribution in [3.8, 4) is 0 Å². The second-order valence-corrected chi connectivity index (χ2v) is 5.30. The molecule has 18 heavy (non-hydrogen) atoms.